The number of aliphatic hydroxyl groups excluding tert-OH is 2. The van der Waals surface area contributed by atoms with Gasteiger partial charge in [-0.05, 0) is 44.9 Å². The van der Waals surface area contributed by atoms with Crippen molar-refractivity contribution >= 4 is 23.9 Å². The predicted octanol–water partition coefficient (Wildman–Crippen LogP) is 15.7. The SMILES string of the molecule is CCCCCCCC/C=C\CCCCCCCCCC(=O)OCC(COC1OC(C(=O)O)C(O)C(O)C1OC(=O)CCCCCCCCCCCCCCCCC)OC(=O)CCCCCCCCCCCCC. The molecule has 3 N–H and O–H groups in total. The van der Waals surface area contributed by atoms with Crippen molar-refractivity contribution in [1.82, 2.24) is 0 Å². The summed E-state index contributed by atoms with van der Waals surface area (Å²) >= 11 is 0. The quantitative estimate of drug-likeness (QED) is 0.0228. The average Bonchev–Trinajstić information content (AvgIpc) is 3.37. The molecule has 0 aromatic heterocycles. The molecule has 12 nitrogen and oxygen atoms in total. The van der Waals surface area contributed by atoms with Crippen LogP contribution in [-0.4, -0.2) is 89.2 Å². The average molecular weight is 1040 g/mol. The summed E-state index contributed by atoms with van der Waals surface area (Å²) in [4.78, 5) is 51.1. The van der Waals surface area contributed by atoms with Crippen LogP contribution in [0.2, 0.25) is 0 Å². The zero-order valence-corrected chi connectivity index (χ0v) is 47.2. The van der Waals surface area contributed by atoms with Crippen molar-refractivity contribution < 1.29 is 58.2 Å². The Labute approximate surface area is 446 Å². The van der Waals surface area contributed by atoms with E-state index in [-0.39, 0.29) is 25.9 Å². The lowest BCUT2D eigenvalue weighted by Crippen LogP contribution is -2.61. The van der Waals surface area contributed by atoms with Gasteiger partial charge >= 0.3 is 23.9 Å². The Bertz CT molecular complexity index is 1320. The van der Waals surface area contributed by atoms with Crippen LogP contribution in [0.1, 0.15) is 303 Å². The highest BCUT2D eigenvalue weighted by Gasteiger charge is 2.50. The molecule has 12 heteroatoms. The number of esters is 3. The first-order valence-corrected chi connectivity index (χ1v) is 30.7. The summed E-state index contributed by atoms with van der Waals surface area (Å²) in [5.41, 5.74) is 0. The molecule has 0 spiro atoms. The highest BCUT2D eigenvalue weighted by molar-refractivity contribution is 5.74. The Balaban J connectivity index is 2.64. The van der Waals surface area contributed by atoms with E-state index >= 15 is 0 Å². The lowest BCUT2D eigenvalue weighted by atomic mass is 9.98. The van der Waals surface area contributed by atoms with Gasteiger partial charge < -0.3 is 39.0 Å². The lowest BCUT2D eigenvalue weighted by Gasteiger charge is -2.40. The van der Waals surface area contributed by atoms with Crippen molar-refractivity contribution in [2.45, 2.75) is 340 Å². The molecule has 428 valence electrons. The molecular weight excluding hydrogens is 925 g/mol. The van der Waals surface area contributed by atoms with Crippen molar-refractivity contribution in [3.05, 3.63) is 12.2 Å². The summed E-state index contributed by atoms with van der Waals surface area (Å²) in [7, 11) is 0. The van der Waals surface area contributed by atoms with Gasteiger partial charge in [-0.1, -0.05) is 251 Å². The first kappa shape index (κ1) is 68.5. The maximum absolute atomic E-state index is 13.1. The van der Waals surface area contributed by atoms with Crippen molar-refractivity contribution in [2.75, 3.05) is 13.2 Å². The second kappa shape index (κ2) is 50.3. The Hall–Kier alpha value is -2.54. The smallest absolute Gasteiger partial charge is 0.335 e. The van der Waals surface area contributed by atoms with Crippen LogP contribution in [0.4, 0.5) is 0 Å². The molecule has 1 aliphatic heterocycles. The number of hydrogen-bond donors (Lipinski definition) is 3. The maximum Gasteiger partial charge on any atom is 0.335 e. The van der Waals surface area contributed by atoms with Crippen molar-refractivity contribution in [2.24, 2.45) is 0 Å². The summed E-state index contributed by atoms with van der Waals surface area (Å²) in [6.07, 6.45) is 43.2. The Morgan fingerprint density at radius 3 is 1.16 bits per heavy atom. The van der Waals surface area contributed by atoms with Gasteiger partial charge in [-0.3, -0.25) is 14.4 Å². The Morgan fingerprint density at radius 2 is 0.781 bits per heavy atom. The van der Waals surface area contributed by atoms with Crippen LogP contribution in [0.5, 0.6) is 0 Å². The van der Waals surface area contributed by atoms with Gasteiger partial charge in [0, 0.05) is 19.3 Å². The first-order chi connectivity index (χ1) is 35.6. The van der Waals surface area contributed by atoms with Crippen LogP contribution in [0.3, 0.4) is 0 Å². The third-order valence-electron chi connectivity index (χ3n) is 14.3. The molecular formula is C61H112O12. The summed E-state index contributed by atoms with van der Waals surface area (Å²) in [5, 5.41) is 31.5. The highest BCUT2D eigenvalue weighted by atomic mass is 16.7. The zero-order chi connectivity index (χ0) is 53.3. The number of aliphatic hydroxyl groups is 2. The van der Waals surface area contributed by atoms with Gasteiger partial charge in [-0.15, -0.1) is 0 Å². The number of hydrogen-bond acceptors (Lipinski definition) is 11. The van der Waals surface area contributed by atoms with Gasteiger partial charge in [0.05, 0.1) is 6.61 Å². The molecule has 0 aromatic rings. The van der Waals surface area contributed by atoms with Crippen LogP contribution in [0, 0.1) is 0 Å². The van der Waals surface area contributed by atoms with Crippen LogP contribution in [-0.2, 0) is 42.9 Å². The van der Waals surface area contributed by atoms with E-state index in [0.29, 0.717) is 19.3 Å². The summed E-state index contributed by atoms with van der Waals surface area (Å²) in [6.45, 7) is 6.01. The molecule has 1 rings (SSSR count). The molecule has 0 saturated carbocycles. The molecule has 6 unspecified atom stereocenters. The van der Waals surface area contributed by atoms with Gasteiger partial charge in [0.1, 0.15) is 18.8 Å². The van der Waals surface area contributed by atoms with Gasteiger partial charge in [0.2, 0.25) is 0 Å². The molecule has 1 aliphatic rings. The number of aliphatic carboxylic acids is 1. The molecule has 1 heterocycles. The largest absolute Gasteiger partial charge is 0.479 e. The summed E-state index contributed by atoms with van der Waals surface area (Å²) in [6, 6.07) is 0. The molecule has 0 radical (unpaired) electrons. The van der Waals surface area contributed by atoms with E-state index in [0.717, 1.165) is 64.2 Å². The normalized spacial score (nSPS) is 18.3. The van der Waals surface area contributed by atoms with Crippen LogP contribution >= 0.6 is 0 Å². The van der Waals surface area contributed by atoms with E-state index < -0.39 is 67.3 Å². The minimum absolute atomic E-state index is 0.0686. The molecule has 0 amide bonds. The predicted molar refractivity (Wildman–Crippen MR) is 294 cm³/mol. The number of ether oxygens (including phenoxy) is 5. The molecule has 6 atom stereocenters. The number of carbonyl (C=O) groups excluding carboxylic acids is 3. The molecule has 0 aromatic carbocycles. The Kier molecular flexibility index (Phi) is 47.2. The number of unbranched alkanes of at least 4 members (excludes halogenated alkanes) is 37. The topological polar surface area (TPSA) is 175 Å². The van der Waals surface area contributed by atoms with E-state index in [1.807, 2.05) is 0 Å². The fourth-order valence-corrected chi connectivity index (χ4v) is 9.60. The van der Waals surface area contributed by atoms with Crippen molar-refractivity contribution in [3.63, 3.8) is 0 Å². The lowest BCUT2D eigenvalue weighted by molar-refractivity contribution is -0.301. The fourth-order valence-electron chi connectivity index (χ4n) is 9.60. The second-order valence-electron chi connectivity index (χ2n) is 21.4. The zero-order valence-electron chi connectivity index (χ0n) is 47.2. The van der Waals surface area contributed by atoms with Crippen molar-refractivity contribution in [3.8, 4) is 0 Å². The van der Waals surface area contributed by atoms with Gasteiger partial charge in [0.25, 0.3) is 0 Å². The van der Waals surface area contributed by atoms with Gasteiger partial charge in [0.15, 0.2) is 24.6 Å². The monoisotopic (exact) mass is 1040 g/mol. The van der Waals surface area contributed by atoms with Gasteiger partial charge in [-0.25, -0.2) is 4.79 Å². The maximum atomic E-state index is 13.1. The second-order valence-corrected chi connectivity index (χ2v) is 21.4. The standard InChI is InChI=1S/C61H112O12/c1-4-7-10-13-16-19-22-24-26-27-29-30-33-35-38-41-44-47-53(62)69-50-52(71-54(63)48-45-42-39-36-32-21-18-15-12-9-6-3)51-70-61-59(57(66)56(65)58(73-61)60(67)68)72-55(64)49-46-43-40-37-34-31-28-25-23-20-17-14-11-8-5-2/h24,26,52,56-59,61,65-66H,4-23,25,27-51H2,1-3H3,(H,67,68)/b26-24-. The number of rotatable bonds is 53. The Morgan fingerprint density at radius 1 is 0.438 bits per heavy atom. The fraction of sp³-hybridized carbons (Fsp3) is 0.902. The van der Waals surface area contributed by atoms with E-state index in [9.17, 15) is 34.5 Å². The first-order valence-electron chi connectivity index (χ1n) is 30.7. The van der Waals surface area contributed by atoms with Crippen LogP contribution in [0.25, 0.3) is 0 Å². The number of carboxylic acid groups (broad SMARTS) is 1. The third-order valence-corrected chi connectivity index (χ3v) is 14.3. The number of carboxylic acids is 1. The minimum Gasteiger partial charge on any atom is -0.479 e. The van der Waals surface area contributed by atoms with Crippen LogP contribution in [0.15, 0.2) is 12.2 Å². The molecule has 1 fully saturated rings. The molecule has 73 heavy (non-hydrogen) atoms. The molecule has 0 aliphatic carbocycles. The minimum atomic E-state index is -1.90. The number of allylic oxidation sites excluding steroid dienone is 2. The summed E-state index contributed by atoms with van der Waals surface area (Å²) < 4.78 is 28.5. The number of carbonyl (C=O) groups is 4. The van der Waals surface area contributed by atoms with E-state index in [1.54, 1.807) is 0 Å². The van der Waals surface area contributed by atoms with E-state index in [1.165, 1.54) is 180 Å². The van der Waals surface area contributed by atoms with E-state index in [2.05, 4.69) is 32.9 Å². The third kappa shape index (κ3) is 40.4. The molecule has 0 bridgehead atoms. The molecule has 1 saturated heterocycles. The van der Waals surface area contributed by atoms with Crippen molar-refractivity contribution in [1.29, 1.82) is 0 Å². The van der Waals surface area contributed by atoms with Crippen LogP contribution < -0.4 is 0 Å². The van der Waals surface area contributed by atoms with E-state index in [4.69, 9.17) is 23.7 Å². The van der Waals surface area contributed by atoms with Gasteiger partial charge in [-0.2, -0.15) is 0 Å². The summed E-state index contributed by atoms with van der Waals surface area (Å²) in [5.74, 6) is -3.08. The highest BCUT2D eigenvalue weighted by Crippen LogP contribution is 2.27.